The highest BCUT2D eigenvalue weighted by Crippen LogP contribution is 2.26. The van der Waals surface area contributed by atoms with Crippen LogP contribution < -0.4 is 5.32 Å². The van der Waals surface area contributed by atoms with Gasteiger partial charge in [-0.05, 0) is 61.5 Å². The van der Waals surface area contributed by atoms with Crippen LogP contribution >= 0.6 is 0 Å². The fraction of sp³-hybridized carbons (Fsp3) is 0.348. The second-order valence-corrected chi connectivity index (χ2v) is 7.15. The van der Waals surface area contributed by atoms with Gasteiger partial charge in [0.2, 0.25) is 0 Å². The molecule has 2 aliphatic rings. The number of carbonyl (C=O) groups is 1. The monoisotopic (exact) mass is 395 g/mol. The highest BCUT2D eigenvalue weighted by Gasteiger charge is 2.21. The van der Waals surface area contributed by atoms with E-state index in [1.165, 1.54) is 12.3 Å². The van der Waals surface area contributed by atoms with Gasteiger partial charge in [-0.1, -0.05) is 32.2 Å². The summed E-state index contributed by atoms with van der Waals surface area (Å²) in [6.07, 6.45) is 11.1. The molecule has 1 aliphatic carbocycles. The van der Waals surface area contributed by atoms with Gasteiger partial charge in [0.05, 0.1) is 17.9 Å². The summed E-state index contributed by atoms with van der Waals surface area (Å²) in [5, 5.41) is 22.6. The van der Waals surface area contributed by atoms with E-state index >= 15 is 0 Å². The molecule has 0 radical (unpaired) electrons. The Labute approximate surface area is 172 Å². The fourth-order valence-electron chi connectivity index (χ4n) is 2.91. The maximum atomic E-state index is 11.3. The van der Waals surface area contributed by atoms with Gasteiger partial charge in [-0.15, -0.1) is 0 Å². The van der Waals surface area contributed by atoms with Crippen LogP contribution in [-0.4, -0.2) is 40.3 Å². The lowest BCUT2D eigenvalue weighted by molar-refractivity contribution is -0.132. The molecule has 0 aromatic rings. The van der Waals surface area contributed by atoms with Crippen LogP contribution in [0.25, 0.3) is 0 Å². The largest absolute Gasteiger partial charge is 0.507 e. The molecule has 3 N–H and O–H groups in total. The summed E-state index contributed by atoms with van der Waals surface area (Å²) in [4.78, 5) is 20.2. The van der Waals surface area contributed by atoms with Gasteiger partial charge in [-0.2, -0.15) is 0 Å². The van der Waals surface area contributed by atoms with Crippen molar-refractivity contribution >= 4 is 18.0 Å². The van der Waals surface area contributed by atoms with E-state index in [0.29, 0.717) is 12.5 Å². The summed E-state index contributed by atoms with van der Waals surface area (Å²) in [6, 6.07) is 0.193. The number of nitrogens with zero attached hydrogens (tertiary/aromatic N) is 2. The number of carboxylic acids is 1. The summed E-state index contributed by atoms with van der Waals surface area (Å²) in [6.45, 7) is 13.7. The SMILES string of the molecule is C=C/C(=C\NC(C)=NC1CC1)C(=C)/C=C(\C)C1=CC(O)=C(C(=O)O)C=NC1CC. The van der Waals surface area contributed by atoms with Crippen molar-refractivity contribution in [3.63, 3.8) is 0 Å². The van der Waals surface area contributed by atoms with E-state index in [0.717, 1.165) is 41.0 Å². The Bertz CT molecular complexity index is 881. The van der Waals surface area contributed by atoms with Crippen molar-refractivity contribution in [2.75, 3.05) is 0 Å². The minimum absolute atomic E-state index is 0.216. The predicted octanol–water partition coefficient (Wildman–Crippen LogP) is 4.42. The van der Waals surface area contributed by atoms with Gasteiger partial charge in [0.15, 0.2) is 0 Å². The molecule has 0 saturated heterocycles. The molecule has 1 saturated carbocycles. The van der Waals surface area contributed by atoms with Gasteiger partial charge in [0.1, 0.15) is 11.3 Å². The van der Waals surface area contributed by atoms with E-state index < -0.39 is 5.97 Å². The molecule has 0 amide bonds. The second-order valence-electron chi connectivity index (χ2n) is 7.15. The number of carboxylic acid groups (broad SMARTS) is 1. The van der Waals surface area contributed by atoms with Gasteiger partial charge in [-0.25, -0.2) is 4.79 Å². The number of aliphatic hydroxyl groups is 1. The maximum absolute atomic E-state index is 11.3. The lowest BCUT2D eigenvalue weighted by atomic mass is 9.94. The van der Waals surface area contributed by atoms with E-state index in [9.17, 15) is 15.0 Å². The fourth-order valence-corrected chi connectivity index (χ4v) is 2.91. The molecule has 1 atom stereocenters. The summed E-state index contributed by atoms with van der Waals surface area (Å²) in [5.74, 6) is -0.669. The lowest BCUT2D eigenvalue weighted by Crippen LogP contribution is -2.14. The van der Waals surface area contributed by atoms with Crippen LogP contribution in [0.2, 0.25) is 0 Å². The Morgan fingerprint density at radius 2 is 2.10 bits per heavy atom. The minimum Gasteiger partial charge on any atom is -0.507 e. The molecule has 6 heteroatoms. The molecule has 1 heterocycles. The third-order valence-corrected chi connectivity index (χ3v) is 4.72. The first-order chi connectivity index (χ1) is 13.8. The molecular formula is C23H29N3O3. The molecule has 1 fully saturated rings. The van der Waals surface area contributed by atoms with Crippen molar-refractivity contribution in [2.45, 2.75) is 52.1 Å². The third-order valence-electron chi connectivity index (χ3n) is 4.72. The van der Waals surface area contributed by atoms with Crippen LogP contribution in [0, 0.1) is 0 Å². The van der Waals surface area contributed by atoms with Crippen LogP contribution in [0.15, 0.2) is 81.2 Å². The molecule has 0 bridgehead atoms. The number of aliphatic hydroxyl groups excluding tert-OH is 1. The van der Waals surface area contributed by atoms with Crippen LogP contribution in [0.4, 0.5) is 0 Å². The number of hydrogen-bond acceptors (Lipinski definition) is 4. The highest BCUT2D eigenvalue weighted by molar-refractivity contribution is 6.09. The van der Waals surface area contributed by atoms with Crippen molar-refractivity contribution in [1.29, 1.82) is 0 Å². The quantitative estimate of drug-likeness (QED) is 0.322. The van der Waals surface area contributed by atoms with Crippen LogP contribution in [0.3, 0.4) is 0 Å². The first kappa shape index (κ1) is 22.1. The topological polar surface area (TPSA) is 94.3 Å². The molecular weight excluding hydrogens is 366 g/mol. The van der Waals surface area contributed by atoms with Crippen molar-refractivity contribution in [1.82, 2.24) is 5.32 Å². The minimum atomic E-state index is -1.21. The molecule has 1 unspecified atom stereocenters. The summed E-state index contributed by atoms with van der Waals surface area (Å²) < 4.78 is 0. The third kappa shape index (κ3) is 6.17. The van der Waals surface area contributed by atoms with Crippen molar-refractivity contribution in [3.05, 3.63) is 71.2 Å². The van der Waals surface area contributed by atoms with Gasteiger partial charge < -0.3 is 15.5 Å². The van der Waals surface area contributed by atoms with Gasteiger partial charge in [-0.3, -0.25) is 9.98 Å². The van der Waals surface area contributed by atoms with Gasteiger partial charge in [0.25, 0.3) is 0 Å². The van der Waals surface area contributed by atoms with E-state index in [-0.39, 0.29) is 17.4 Å². The second kappa shape index (κ2) is 9.87. The summed E-state index contributed by atoms with van der Waals surface area (Å²) >= 11 is 0. The molecule has 6 nitrogen and oxygen atoms in total. The van der Waals surface area contributed by atoms with Gasteiger partial charge in [0, 0.05) is 12.4 Å². The molecule has 0 aromatic heterocycles. The van der Waals surface area contributed by atoms with E-state index in [1.807, 2.05) is 33.0 Å². The standard InChI is InChI=1S/C23H29N3O3/c1-6-17(12-24-16(5)26-18-8-9-18)14(3)10-15(4)19-11-22(27)20(23(28)29)13-25-21(19)7-2/h6,10-13,18,21,27H,1,3,7-9H2,2,4-5H3,(H,24,26)(H,28,29)/b15-10+,17-12+. The zero-order chi connectivity index (χ0) is 21.6. The summed E-state index contributed by atoms with van der Waals surface area (Å²) in [7, 11) is 0. The Morgan fingerprint density at radius 1 is 1.41 bits per heavy atom. The molecule has 0 aromatic carbocycles. The highest BCUT2D eigenvalue weighted by atomic mass is 16.4. The number of aliphatic carboxylic acids is 1. The number of nitrogens with one attached hydrogen (secondary N) is 1. The molecule has 1 aliphatic heterocycles. The Kier molecular flexibility index (Phi) is 7.53. The van der Waals surface area contributed by atoms with Gasteiger partial charge >= 0.3 is 5.97 Å². The van der Waals surface area contributed by atoms with E-state index in [1.54, 1.807) is 6.08 Å². The van der Waals surface area contributed by atoms with Crippen molar-refractivity contribution in [3.8, 4) is 0 Å². The van der Waals surface area contributed by atoms with Crippen molar-refractivity contribution in [2.24, 2.45) is 9.98 Å². The summed E-state index contributed by atoms with van der Waals surface area (Å²) in [5.41, 5.74) is 2.92. The Hall–Kier alpha value is -3.15. The predicted molar refractivity (Wildman–Crippen MR) is 118 cm³/mol. The number of hydrogen-bond donors (Lipinski definition) is 3. The van der Waals surface area contributed by atoms with E-state index in [4.69, 9.17) is 0 Å². The Balaban J connectivity index is 2.27. The number of amidine groups is 1. The van der Waals surface area contributed by atoms with E-state index in [2.05, 4.69) is 28.5 Å². The maximum Gasteiger partial charge on any atom is 0.341 e. The smallest absolute Gasteiger partial charge is 0.341 e. The lowest BCUT2D eigenvalue weighted by Gasteiger charge is -2.15. The first-order valence-corrected chi connectivity index (χ1v) is 9.69. The Morgan fingerprint density at radius 3 is 2.66 bits per heavy atom. The van der Waals surface area contributed by atoms with Crippen LogP contribution in [-0.2, 0) is 4.79 Å². The molecule has 29 heavy (non-hydrogen) atoms. The zero-order valence-corrected chi connectivity index (χ0v) is 17.3. The normalized spacial score (nSPS) is 20.9. The number of rotatable bonds is 8. The average Bonchev–Trinajstić information content (AvgIpc) is 3.48. The first-order valence-electron chi connectivity index (χ1n) is 9.69. The zero-order valence-electron chi connectivity index (χ0n) is 17.3. The molecule has 0 spiro atoms. The molecule has 2 rings (SSSR count). The number of allylic oxidation sites excluding steroid dienone is 5. The van der Waals surface area contributed by atoms with Crippen LogP contribution in [0.1, 0.15) is 40.0 Å². The number of aliphatic imine (C=N–C) groups is 2. The van der Waals surface area contributed by atoms with Crippen LogP contribution in [0.5, 0.6) is 0 Å². The van der Waals surface area contributed by atoms with Crippen molar-refractivity contribution < 1.29 is 15.0 Å². The molecule has 154 valence electrons. The average molecular weight is 396 g/mol.